The van der Waals surface area contributed by atoms with E-state index >= 15 is 0 Å². The molecule has 6 nitrogen and oxygen atoms in total. The minimum absolute atomic E-state index is 0.190. The lowest BCUT2D eigenvalue weighted by Gasteiger charge is -2.16. The summed E-state index contributed by atoms with van der Waals surface area (Å²) >= 11 is 0. The summed E-state index contributed by atoms with van der Waals surface area (Å²) in [4.78, 5) is 21.7. The zero-order valence-corrected chi connectivity index (χ0v) is 17.5. The maximum atomic E-state index is 12.6. The van der Waals surface area contributed by atoms with Crippen LogP contribution in [0.2, 0.25) is 0 Å². The van der Waals surface area contributed by atoms with Crippen LogP contribution in [0.25, 0.3) is 11.3 Å². The fourth-order valence-electron chi connectivity index (χ4n) is 3.37. The molecule has 0 aliphatic rings. The van der Waals surface area contributed by atoms with Crippen molar-refractivity contribution in [3.05, 3.63) is 108 Å². The summed E-state index contributed by atoms with van der Waals surface area (Å²) in [5.41, 5.74) is 9.86. The van der Waals surface area contributed by atoms with E-state index in [9.17, 15) is 9.90 Å². The molecule has 0 aliphatic heterocycles. The van der Waals surface area contributed by atoms with Gasteiger partial charge < -0.3 is 16.2 Å². The minimum Gasteiger partial charge on any atom is -0.399 e. The monoisotopic (exact) mass is 424 g/mol. The second-order valence-electron chi connectivity index (χ2n) is 7.46. The van der Waals surface area contributed by atoms with Gasteiger partial charge in [0, 0.05) is 17.7 Å². The molecule has 32 heavy (non-hydrogen) atoms. The molecule has 0 saturated heterocycles. The standard InChI is InChI=1S/C26H24N4O2/c27-21-14-12-19(13-15-21)22-17-28-26(24(29-22)25(32)20-9-5-2-6-10-20)30-23(31)16-11-18-7-3-1-4-8-18/h1-10,12-15,17,25,32H,11,16,27H2,(H,28,30,31). The minimum atomic E-state index is -1.04. The van der Waals surface area contributed by atoms with Crippen LogP contribution in [0.15, 0.2) is 91.1 Å². The van der Waals surface area contributed by atoms with Crippen molar-refractivity contribution in [1.82, 2.24) is 9.97 Å². The fraction of sp³-hybridized carbons (Fsp3) is 0.115. The Hall–Kier alpha value is -4.03. The molecule has 1 heterocycles. The van der Waals surface area contributed by atoms with Gasteiger partial charge >= 0.3 is 0 Å². The van der Waals surface area contributed by atoms with Crippen molar-refractivity contribution in [3.8, 4) is 11.3 Å². The molecule has 0 saturated carbocycles. The van der Waals surface area contributed by atoms with Gasteiger partial charge in [0.25, 0.3) is 0 Å². The van der Waals surface area contributed by atoms with Gasteiger partial charge in [0.15, 0.2) is 5.82 Å². The van der Waals surface area contributed by atoms with Crippen molar-refractivity contribution in [2.75, 3.05) is 11.1 Å². The molecule has 1 amide bonds. The summed E-state index contributed by atoms with van der Waals surface area (Å²) in [7, 11) is 0. The quantitative estimate of drug-likeness (QED) is 0.382. The Morgan fingerprint density at radius 2 is 1.59 bits per heavy atom. The van der Waals surface area contributed by atoms with Crippen LogP contribution < -0.4 is 11.1 Å². The highest BCUT2D eigenvalue weighted by atomic mass is 16.3. The summed E-state index contributed by atoms with van der Waals surface area (Å²) in [5, 5.41) is 13.9. The molecule has 0 spiro atoms. The number of nitrogens with one attached hydrogen (secondary N) is 1. The van der Waals surface area contributed by atoms with Crippen molar-refractivity contribution >= 4 is 17.4 Å². The van der Waals surface area contributed by atoms with Crippen LogP contribution in [-0.2, 0) is 11.2 Å². The van der Waals surface area contributed by atoms with Crippen molar-refractivity contribution < 1.29 is 9.90 Å². The van der Waals surface area contributed by atoms with Crippen molar-refractivity contribution in [2.45, 2.75) is 18.9 Å². The predicted octanol–water partition coefficient (Wildman–Crippen LogP) is 4.38. The molecule has 0 fully saturated rings. The zero-order chi connectivity index (χ0) is 22.3. The molecule has 4 aromatic rings. The number of aliphatic hydroxyl groups excluding tert-OH is 1. The first-order chi connectivity index (χ1) is 15.6. The Bertz CT molecular complexity index is 1180. The van der Waals surface area contributed by atoms with Gasteiger partial charge in [-0.1, -0.05) is 72.8 Å². The van der Waals surface area contributed by atoms with Gasteiger partial charge in [-0.15, -0.1) is 0 Å². The lowest BCUT2D eigenvalue weighted by Crippen LogP contribution is -2.17. The number of nitrogen functional groups attached to an aromatic ring is 1. The maximum Gasteiger partial charge on any atom is 0.225 e. The van der Waals surface area contributed by atoms with Crippen LogP contribution >= 0.6 is 0 Å². The normalized spacial score (nSPS) is 11.7. The van der Waals surface area contributed by atoms with Gasteiger partial charge in [-0.2, -0.15) is 0 Å². The van der Waals surface area contributed by atoms with E-state index in [4.69, 9.17) is 5.73 Å². The number of anilines is 2. The highest BCUT2D eigenvalue weighted by molar-refractivity contribution is 5.90. The number of benzene rings is 3. The van der Waals surface area contributed by atoms with E-state index in [1.165, 1.54) is 0 Å². The first kappa shape index (κ1) is 21.2. The molecule has 1 atom stereocenters. The van der Waals surface area contributed by atoms with Crippen LogP contribution in [0.4, 0.5) is 11.5 Å². The van der Waals surface area contributed by atoms with Crippen LogP contribution in [0.5, 0.6) is 0 Å². The smallest absolute Gasteiger partial charge is 0.225 e. The number of carbonyl (C=O) groups is 1. The number of nitrogens with zero attached hydrogens (tertiary/aromatic N) is 2. The lowest BCUT2D eigenvalue weighted by atomic mass is 10.1. The molecule has 6 heteroatoms. The highest BCUT2D eigenvalue weighted by Crippen LogP contribution is 2.28. The molecule has 4 N–H and O–H groups in total. The van der Waals surface area contributed by atoms with Gasteiger partial charge in [0.1, 0.15) is 11.8 Å². The van der Waals surface area contributed by atoms with Crippen LogP contribution in [0.3, 0.4) is 0 Å². The Labute approximate surface area is 186 Å². The molecule has 4 rings (SSSR count). The van der Waals surface area contributed by atoms with E-state index in [1.807, 2.05) is 72.8 Å². The number of hydrogen-bond acceptors (Lipinski definition) is 5. The third-order valence-corrected chi connectivity index (χ3v) is 5.12. The number of aromatic nitrogens is 2. The Balaban J connectivity index is 1.61. The summed E-state index contributed by atoms with van der Waals surface area (Å²) < 4.78 is 0. The molecule has 0 bridgehead atoms. The summed E-state index contributed by atoms with van der Waals surface area (Å²) in [5.74, 6) is 0.0588. The van der Waals surface area contributed by atoms with Crippen molar-refractivity contribution in [2.24, 2.45) is 0 Å². The SMILES string of the molecule is Nc1ccc(-c2cnc(NC(=O)CCc3ccccc3)c(C(O)c3ccccc3)n2)cc1. The van der Waals surface area contributed by atoms with E-state index in [-0.39, 0.29) is 11.7 Å². The topological polar surface area (TPSA) is 101 Å². The van der Waals surface area contributed by atoms with Crippen molar-refractivity contribution in [3.63, 3.8) is 0 Å². The molecular formula is C26H24N4O2. The van der Waals surface area contributed by atoms with E-state index in [1.54, 1.807) is 18.3 Å². The summed E-state index contributed by atoms with van der Waals surface area (Å²) in [6.45, 7) is 0. The van der Waals surface area contributed by atoms with E-state index in [2.05, 4.69) is 15.3 Å². The van der Waals surface area contributed by atoms with Crippen LogP contribution in [0.1, 0.15) is 29.3 Å². The summed E-state index contributed by atoms with van der Waals surface area (Å²) in [6.07, 6.45) is 1.45. The molecule has 0 radical (unpaired) electrons. The summed E-state index contributed by atoms with van der Waals surface area (Å²) in [6, 6.07) is 26.2. The number of nitrogens with two attached hydrogens (primary N) is 1. The van der Waals surface area contributed by atoms with Crippen LogP contribution in [0, 0.1) is 0 Å². The van der Waals surface area contributed by atoms with Crippen LogP contribution in [-0.4, -0.2) is 21.0 Å². The first-order valence-corrected chi connectivity index (χ1v) is 10.4. The number of aliphatic hydroxyl groups is 1. The fourth-order valence-corrected chi connectivity index (χ4v) is 3.37. The lowest BCUT2D eigenvalue weighted by molar-refractivity contribution is -0.116. The first-order valence-electron chi connectivity index (χ1n) is 10.4. The van der Waals surface area contributed by atoms with Gasteiger partial charge in [-0.05, 0) is 29.7 Å². The highest BCUT2D eigenvalue weighted by Gasteiger charge is 2.20. The number of carbonyl (C=O) groups excluding carboxylic acids is 1. The van der Waals surface area contributed by atoms with E-state index in [0.29, 0.717) is 35.5 Å². The molecule has 1 aromatic heterocycles. The third kappa shape index (κ3) is 5.17. The van der Waals surface area contributed by atoms with Gasteiger partial charge in [-0.25, -0.2) is 9.97 Å². The second kappa shape index (κ2) is 9.85. The Kier molecular flexibility index (Phi) is 6.53. The molecule has 160 valence electrons. The maximum absolute atomic E-state index is 12.6. The largest absolute Gasteiger partial charge is 0.399 e. The number of hydrogen-bond donors (Lipinski definition) is 3. The van der Waals surface area contributed by atoms with Gasteiger partial charge in [-0.3, -0.25) is 4.79 Å². The Morgan fingerprint density at radius 1 is 0.938 bits per heavy atom. The van der Waals surface area contributed by atoms with Crippen molar-refractivity contribution in [1.29, 1.82) is 0 Å². The average molecular weight is 425 g/mol. The second-order valence-corrected chi connectivity index (χ2v) is 7.46. The Morgan fingerprint density at radius 3 is 2.28 bits per heavy atom. The molecule has 0 aliphatic carbocycles. The number of rotatable bonds is 7. The zero-order valence-electron chi connectivity index (χ0n) is 17.5. The van der Waals surface area contributed by atoms with E-state index < -0.39 is 6.10 Å². The number of amides is 1. The number of aryl methyl sites for hydroxylation is 1. The van der Waals surface area contributed by atoms with E-state index in [0.717, 1.165) is 11.1 Å². The average Bonchev–Trinajstić information content (AvgIpc) is 2.84. The van der Waals surface area contributed by atoms with Gasteiger partial charge in [0.05, 0.1) is 11.9 Å². The molecule has 1 unspecified atom stereocenters. The third-order valence-electron chi connectivity index (χ3n) is 5.12. The van der Waals surface area contributed by atoms with Gasteiger partial charge in [0.2, 0.25) is 5.91 Å². The molecular weight excluding hydrogens is 400 g/mol. The molecule has 3 aromatic carbocycles. The predicted molar refractivity (Wildman–Crippen MR) is 126 cm³/mol.